The zero-order valence-corrected chi connectivity index (χ0v) is 8.82. The van der Waals surface area contributed by atoms with Crippen molar-refractivity contribution in [1.82, 2.24) is 4.90 Å². The number of amides is 1. The summed E-state index contributed by atoms with van der Waals surface area (Å²) in [4.78, 5) is 24.9. The number of nitrogens with zero attached hydrogens (tertiary/aromatic N) is 1. The second-order valence-corrected chi connectivity index (χ2v) is 4.44. The number of rotatable bonds is 2. The molecule has 0 bridgehead atoms. The molecule has 0 spiro atoms. The highest BCUT2D eigenvalue weighted by molar-refractivity contribution is 5.88. The maximum atomic E-state index is 11.6. The van der Waals surface area contributed by atoms with Gasteiger partial charge in [-0.15, -0.1) is 0 Å². The summed E-state index contributed by atoms with van der Waals surface area (Å²) in [5, 5.41) is 0. The number of Topliss-reactive ketones (excluding diaryl/α,β-unsaturated/α-hetero) is 1. The zero-order chi connectivity index (χ0) is 10.3. The van der Waals surface area contributed by atoms with Crippen molar-refractivity contribution in [3.63, 3.8) is 0 Å². The molecule has 0 N–H and O–H groups in total. The molecule has 3 heteroatoms. The molecule has 1 heterocycles. The van der Waals surface area contributed by atoms with Crippen LogP contribution >= 0.6 is 0 Å². The SMILES string of the molecule is CCC(=O)N1CCC2CC2C1C(C)=O. The first kappa shape index (κ1) is 9.69. The number of likely N-dealkylation sites (tertiary alicyclic amines) is 1. The van der Waals surface area contributed by atoms with Gasteiger partial charge in [-0.1, -0.05) is 6.92 Å². The van der Waals surface area contributed by atoms with Crippen molar-refractivity contribution >= 4 is 11.7 Å². The van der Waals surface area contributed by atoms with Crippen LogP contribution < -0.4 is 0 Å². The summed E-state index contributed by atoms with van der Waals surface area (Å²) in [5.41, 5.74) is 0. The lowest BCUT2D eigenvalue weighted by Crippen LogP contribution is -2.48. The molecular formula is C11H17NO2. The van der Waals surface area contributed by atoms with Gasteiger partial charge in [0.15, 0.2) is 5.78 Å². The van der Waals surface area contributed by atoms with Crippen molar-refractivity contribution < 1.29 is 9.59 Å². The third kappa shape index (κ3) is 1.45. The molecule has 0 aromatic heterocycles. The summed E-state index contributed by atoms with van der Waals surface area (Å²) in [6.07, 6.45) is 2.76. The standard InChI is InChI=1S/C11H17NO2/c1-3-10(14)12-5-4-8-6-9(8)11(12)7(2)13/h8-9,11H,3-6H2,1-2H3. The first-order valence-corrected chi connectivity index (χ1v) is 5.45. The average Bonchev–Trinajstić information content (AvgIpc) is 2.92. The number of hydrogen-bond acceptors (Lipinski definition) is 2. The molecule has 2 aliphatic rings. The Bertz CT molecular complexity index is 274. The molecule has 1 aliphatic heterocycles. The van der Waals surface area contributed by atoms with Crippen LogP contribution in [0.2, 0.25) is 0 Å². The van der Waals surface area contributed by atoms with E-state index in [1.807, 2.05) is 6.92 Å². The first-order chi connectivity index (χ1) is 6.65. The van der Waals surface area contributed by atoms with Crippen LogP contribution in [-0.4, -0.2) is 29.2 Å². The van der Waals surface area contributed by atoms with Crippen molar-refractivity contribution in [3.8, 4) is 0 Å². The molecule has 0 aromatic carbocycles. The smallest absolute Gasteiger partial charge is 0.222 e. The molecule has 1 amide bonds. The van der Waals surface area contributed by atoms with Crippen molar-refractivity contribution in [1.29, 1.82) is 0 Å². The fourth-order valence-electron chi connectivity index (χ4n) is 2.67. The Morgan fingerprint density at radius 3 is 2.71 bits per heavy atom. The van der Waals surface area contributed by atoms with Gasteiger partial charge in [-0.2, -0.15) is 0 Å². The number of carbonyl (C=O) groups is 2. The Morgan fingerprint density at radius 2 is 2.14 bits per heavy atom. The Hall–Kier alpha value is -0.860. The highest BCUT2D eigenvalue weighted by Gasteiger charge is 2.51. The van der Waals surface area contributed by atoms with E-state index in [9.17, 15) is 9.59 Å². The molecule has 0 radical (unpaired) electrons. The van der Waals surface area contributed by atoms with Crippen molar-refractivity contribution in [2.24, 2.45) is 11.8 Å². The maximum absolute atomic E-state index is 11.6. The van der Waals surface area contributed by atoms with E-state index in [1.54, 1.807) is 11.8 Å². The topological polar surface area (TPSA) is 37.4 Å². The van der Waals surface area contributed by atoms with Gasteiger partial charge < -0.3 is 4.90 Å². The van der Waals surface area contributed by atoms with E-state index in [4.69, 9.17) is 0 Å². The van der Waals surface area contributed by atoms with Gasteiger partial charge in [0.05, 0.1) is 6.04 Å². The molecule has 1 saturated heterocycles. The molecule has 2 fully saturated rings. The monoisotopic (exact) mass is 195 g/mol. The third-order valence-electron chi connectivity index (χ3n) is 3.50. The molecule has 3 unspecified atom stereocenters. The summed E-state index contributed by atoms with van der Waals surface area (Å²) >= 11 is 0. The summed E-state index contributed by atoms with van der Waals surface area (Å²) in [7, 11) is 0. The van der Waals surface area contributed by atoms with Gasteiger partial charge in [0.2, 0.25) is 5.91 Å². The van der Waals surface area contributed by atoms with Gasteiger partial charge in [0.1, 0.15) is 0 Å². The summed E-state index contributed by atoms with van der Waals surface area (Å²) < 4.78 is 0. The minimum absolute atomic E-state index is 0.0961. The molecule has 2 rings (SSSR count). The lowest BCUT2D eigenvalue weighted by Gasteiger charge is -2.33. The van der Waals surface area contributed by atoms with Gasteiger partial charge >= 0.3 is 0 Å². The molecule has 3 atom stereocenters. The Labute approximate surface area is 84.5 Å². The van der Waals surface area contributed by atoms with E-state index in [0.717, 1.165) is 25.3 Å². The Kier molecular flexibility index (Phi) is 2.33. The van der Waals surface area contributed by atoms with Crippen LogP contribution in [0.5, 0.6) is 0 Å². The summed E-state index contributed by atoms with van der Waals surface area (Å²) in [6.45, 7) is 4.26. The number of hydrogen-bond donors (Lipinski definition) is 0. The van der Waals surface area contributed by atoms with Crippen molar-refractivity contribution in [3.05, 3.63) is 0 Å². The zero-order valence-electron chi connectivity index (χ0n) is 8.82. The molecule has 78 valence electrons. The van der Waals surface area contributed by atoms with Crippen LogP contribution in [0.1, 0.15) is 33.1 Å². The molecule has 3 nitrogen and oxygen atoms in total. The van der Waals surface area contributed by atoms with Crippen LogP contribution in [0.15, 0.2) is 0 Å². The first-order valence-electron chi connectivity index (χ1n) is 5.45. The largest absolute Gasteiger partial charge is 0.332 e. The highest BCUT2D eigenvalue weighted by Crippen LogP contribution is 2.49. The molecule has 1 aliphatic carbocycles. The molecule has 0 aromatic rings. The predicted octanol–water partition coefficient (Wildman–Crippen LogP) is 1.22. The molecular weight excluding hydrogens is 178 g/mol. The third-order valence-corrected chi connectivity index (χ3v) is 3.50. The van der Waals surface area contributed by atoms with Crippen LogP contribution in [0.3, 0.4) is 0 Å². The van der Waals surface area contributed by atoms with Crippen molar-refractivity contribution in [2.45, 2.75) is 39.2 Å². The maximum Gasteiger partial charge on any atom is 0.222 e. The highest BCUT2D eigenvalue weighted by atomic mass is 16.2. The summed E-state index contributed by atoms with van der Waals surface area (Å²) in [5.74, 6) is 1.51. The van der Waals surface area contributed by atoms with Crippen LogP contribution in [0.4, 0.5) is 0 Å². The van der Waals surface area contributed by atoms with E-state index in [2.05, 4.69) is 0 Å². The fraction of sp³-hybridized carbons (Fsp3) is 0.818. The second kappa shape index (κ2) is 3.37. The second-order valence-electron chi connectivity index (χ2n) is 4.44. The van der Waals surface area contributed by atoms with Crippen LogP contribution in [0, 0.1) is 11.8 Å². The van der Waals surface area contributed by atoms with Crippen LogP contribution in [0.25, 0.3) is 0 Å². The van der Waals surface area contributed by atoms with Gasteiger partial charge in [0, 0.05) is 13.0 Å². The number of carbonyl (C=O) groups excluding carboxylic acids is 2. The van der Waals surface area contributed by atoms with E-state index >= 15 is 0 Å². The number of piperidine rings is 1. The van der Waals surface area contributed by atoms with Crippen molar-refractivity contribution in [2.75, 3.05) is 6.54 Å². The van der Waals surface area contributed by atoms with E-state index in [-0.39, 0.29) is 17.7 Å². The minimum atomic E-state index is -0.0961. The number of ketones is 1. The quantitative estimate of drug-likeness (QED) is 0.664. The van der Waals surface area contributed by atoms with Gasteiger partial charge in [-0.05, 0) is 31.6 Å². The molecule has 14 heavy (non-hydrogen) atoms. The van der Waals surface area contributed by atoms with E-state index in [0.29, 0.717) is 12.3 Å². The Balaban J connectivity index is 2.13. The predicted molar refractivity (Wildman–Crippen MR) is 52.7 cm³/mol. The van der Waals surface area contributed by atoms with E-state index < -0.39 is 0 Å². The van der Waals surface area contributed by atoms with Crippen LogP contribution in [-0.2, 0) is 9.59 Å². The lowest BCUT2D eigenvalue weighted by atomic mass is 9.98. The number of fused-ring (bicyclic) bond motifs is 1. The van der Waals surface area contributed by atoms with Gasteiger partial charge in [-0.25, -0.2) is 0 Å². The lowest BCUT2D eigenvalue weighted by molar-refractivity contribution is -0.140. The Morgan fingerprint density at radius 1 is 1.43 bits per heavy atom. The van der Waals surface area contributed by atoms with Gasteiger partial charge in [0.25, 0.3) is 0 Å². The normalized spacial score (nSPS) is 35.0. The minimum Gasteiger partial charge on any atom is -0.332 e. The average molecular weight is 195 g/mol. The van der Waals surface area contributed by atoms with Gasteiger partial charge in [-0.3, -0.25) is 9.59 Å². The fourth-order valence-corrected chi connectivity index (χ4v) is 2.67. The summed E-state index contributed by atoms with van der Waals surface area (Å²) in [6, 6.07) is -0.0961. The molecule has 1 saturated carbocycles. The van der Waals surface area contributed by atoms with E-state index in [1.165, 1.54) is 0 Å².